The number of hydrogen-bond donors (Lipinski definition) is 2. The van der Waals surface area contributed by atoms with Gasteiger partial charge in [0.1, 0.15) is 22.7 Å². The molecule has 0 fully saturated rings. The minimum Gasteiger partial charge on any atom is -0.383 e. The van der Waals surface area contributed by atoms with Gasteiger partial charge < -0.3 is 20.7 Å². The molecular weight excluding hydrogens is 473 g/mol. The summed E-state index contributed by atoms with van der Waals surface area (Å²) in [4.78, 5) is 36.0. The number of fused-ring (bicyclic) bond motifs is 2. The molecule has 0 radical (unpaired) electrons. The number of benzene rings is 1. The monoisotopic (exact) mass is 493 g/mol. The molecule has 1 aliphatic heterocycles. The largest absolute Gasteiger partial charge is 0.383 e. The zero-order valence-corrected chi connectivity index (χ0v) is 19.4. The Kier molecular flexibility index (Phi) is 6.05. The molecule has 178 valence electrons. The first kappa shape index (κ1) is 22.7. The lowest BCUT2D eigenvalue weighted by Gasteiger charge is -2.29. The van der Waals surface area contributed by atoms with E-state index in [2.05, 4.69) is 24.0 Å². The molecule has 1 aromatic carbocycles. The van der Waals surface area contributed by atoms with Gasteiger partial charge in [0, 0.05) is 23.9 Å². The van der Waals surface area contributed by atoms with E-state index in [9.17, 15) is 14.0 Å². The topological polar surface area (TPSA) is 136 Å². The van der Waals surface area contributed by atoms with E-state index < -0.39 is 23.7 Å². The average Bonchev–Trinajstić information content (AvgIpc) is 3.54. The average molecular weight is 494 g/mol. The number of carbonyl (C=O) groups is 2. The third-order valence-corrected chi connectivity index (χ3v) is 6.41. The predicted molar refractivity (Wildman–Crippen MR) is 126 cm³/mol. The Labute approximate surface area is 203 Å². The number of nitrogens with two attached hydrogens (primary N) is 1. The number of aromatic nitrogens is 4. The third-order valence-electron chi connectivity index (χ3n) is 5.85. The van der Waals surface area contributed by atoms with Crippen molar-refractivity contribution < 1.29 is 18.7 Å². The molecule has 0 bridgehead atoms. The second-order valence-corrected chi connectivity index (χ2v) is 8.56. The maximum Gasteiger partial charge on any atom is 0.313 e. The van der Waals surface area contributed by atoms with Crippen LogP contribution < -0.4 is 11.1 Å². The van der Waals surface area contributed by atoms with Gasteiger partial charge >= 0.3 is 11.8 Å². The van der Waals surface area contributed by atoms with Gasteiger partial charge in [0.05, 0.1) is 48.6 Å². The molecule has 12 heteroatoms. The van der Waals surface area contributed by atoms with Gasteiger partial charge in [-0.05, 0) is 36.8 Å². The van der Waals surface area contributed by atoms with Crippen molar-refractivity contribution in [2.45, 2.75) is 32.7 Å². The number of nitrogens with one attached hydrogen (secondary N) is 1. The maximum atomic E-state index is 14.6. The van der Waals surface area contributed by atoms with Crippen LogP contribution in [-0.2, 0) is 34.1 Å². The van der Waals surface area contributed by atoms with Crippen LogP contribution in [0.25, 0.3) is 11.0 Å². The van der Waals surface area contributed by atoms with Gasteiger partial charge in [-0.25, -0.2) is 9.37 Å². The maximum absolute atomic E-state index is 14.6. The first-order chi connectivity index (χ1) is 16.9. The molecule has 0 saturated heterocycles. The van der Waals surface area contributed by atoms with Gasteiger partial charge in [-0.1, -0.05) is 6.07 Å². The molecule has 5 rings (SSSR count). The predicted octanol–water partition coefficient (Wildman–Crippen LogP) is 2.96. The lowest BCUT2D eigenvalue weighted by Crippen LogP contribution is -2.41. The van der Waals surface area contributed by atoms with Crippen LogP contribution in [0.2, 0.25) is 0 Å². The van der Waals surface area contributed by atoms with Crippen molar-refractivity contribution in [2.75, 3.05) is 11.1 Å². The van der Waals surface area contributed by atoms with E-state index in [-0.39, 0.29) is 25.5 Å². The van der Waals surface area contributed by atoms with Crippen molar-refractivity contribution in [1.29, 1.82) is 0 Å². The SMILES string of the molecule is CC(c1ncccc1F)N(Cc1ccc2nsnc2c1)C(=O)C(=O)Nc1cnc(N)c2c1COC2. The zero-order valence-electron chi connectivity index (χ0n) is 18.6. The van der Waals surface area contributed by atoms with Crippen LogP contribution in [0.1, 0.15) is 35.3 Å². The summed E-state index contributed by atoms with van der Waals surface area (Å²) in [5.41, 5.74) is 9.74. The molecule has 4 heterocycles. The second kappa shape index (κ2) is 9.31. The van der Waals surface area contributed by atoms with E-state index in [0.717, 1.165) is 17.2 Å². The first-order valence-corrected chi connectivity index (χ1v) is 11.4. The summed E-state index contributed by atoms with van der Waals surface area (Å²) < 4.78 is 28.4. The highest BCUT2D eigenvalue weighted by Crippen LogP contribution is 2.30. The van der Waals surface area contributed by atoms with Crippen molar-refractivity contribution in [1.82, 2.24) is 23.6 Å². The number of ether oxygens (including phenoxy) is 1. The Hall–Kier alpha value is -4.03. The van der Waals surface area contributed by atoms with E-state index in [4.69, 9.17) is 10.5 Å². The summed E-state index contributed by atoms with van der Waals surface area (Å²) in [7, 11) is 0. The summed E-state index contributed by atoms with van der Waals surface area (Å²) in [5, 5.41) is 2.62. The Morgan fingerprint density at radius 2 is 2.00 bits per heavy atom. The first-order valence-electron chi connectivity index (χ1n) is 10.7. The molecule has 3 aromatic heterocycles. The normalized spacial score (nSPS) is 13.4. The molecule has 35 heavy (non-hydrogen) atoms. The highest BCUT2D eigenvalue weighted by molar-refractivity contribution is 7.00. The summed E-state index contributed by atoms with van der Waals surface area (Å²) in [6.07, 6.45) is 2.83. The molecule has 3 N–H and O–H groups in total. The van der Waals surface area contributed by atoms with Crippen molar-refractivity contribution in [2.24, 2.45) is 0 Å². The molecule has 0 spiro atoms. The number of halogens is 1. The number of anilines is 2. The molecule has 4 aromatic rings. The van der Waals surface area contributed by atoms with Crippen molar-refractivity contribution in [3.63, 3.8) is 0 Å². The standard InChI is InChI=1S/C23H20FN7O3S/c1-12(20-16(24)3-2-6-26-20)31(9-13-4-5-17-18(7-13)30-35-29-17)23(33)22(32)28-19-8-27-21(25)15-11-34-10-14(15)19/h2-8,12H,9-11H2,1H3,(H2,25,27)(H,28,32). The van der Waals surface area contributed by atoms with Gasteiger partial charge in [0.25, 0.3) is 0 Å². The smallest absolute Gasteiger partial charge is 0.313 e. The molecule has 2 amide bonds. The van der Waals surface area contributed by atoms with E-state index in [1.165, 1.54) is 29.4 Å². The molecule has 0 aliphatic carbocycles. The Bertz CT molecular complexity index is 1440. The van der Waals surface area contributed by atoms with Gasteiger partial charge in [-0.3, -0.25) is 14.6 Å². The number of amides is 2. The van der Waals surface area contributed by atoms with Crippen LogP contribution >= 0.6 is 11.7 Å². The van der Waals surface area contributed by atoms with E-state index in [1.54, 1.807) is 25.1 Å². The fraction of sp³-hybridized carbons (Fsp3) is 0.217. The van der Waals surface area contributed by atoms with E-state index >= 15 is 0 Å². The second-order valence-electron chi connectivity index (χ2n) is 8.03. The van der Waals surface area contributed by atoms with Gasteiger partial charge in [-0.2, -0.15) is 8.75 Å². The highest BCUT2D eigenvalue weighted by atomic mass is 32.1. The van der Waals surface area contributed by atoms with Crippen LogP contribution in [0.5, 0.6) is 0 Å². The zero-order chi connectivity index (χ0) is 24.5. The lowest BCUT2D eigenvalue weighted by atomic mass is 10.1. The molecular formula is C23H20FN7O3S. The summed E-state index contributed by atoms with van der Waals surface area (Å²) in [6.45, 7) is 2.17. The quantitative estimate of drug-likeness (QED) is 0.405. The van der Waals surface area contributed by atoms with Crippen LogP contribution in [-0.4, -0.2) is 35.4 Å². The summed E-state index contributed by atoms with van der Waals surface area (Å²) >= 11 is 1.08. The van der Waals surface area contributed by atoms with Gasteiger partial charge in [-0.15, -0.1) is 0 Å². The summed E-state index contributed by atoms with van der Waals surface area (Å²) in [5.74, 6) is -2.02. The molecule has 10 nitrogen and oxygen atoms in total. The van der Waals surface area contributed by atoms with Crippen LogP contribution in [0, 0.1) is 5.82 Å². The van der Waals surface area contributed by atoms with Crippen LogP contribution in [0.3, 0.4) is 0 Å². The minimum atomic E-state index is -0.898. The number of hydrogen-bond acceptors (Lipinski definition) is 9. The van der Waals surface area contributed by atoms with Crippen molar-refractivity contribution in [3.8, 4) is 0 Å². The number of rotatable bonds is 5. The Morgan fingerprint density at radius 1 is 1.20 bits per heavy atom. The number of nitrogen functional groups attached to an aromatic ring is 1. The fourth-order valence-corrected chi connectivity index (χ4v) is 4.48. The fourth-order valence-electron chi connectivity index (χ4n) is 3.96. The lowest BCUT2D eigenvalue weighted by molar-refractivity contribution is -0.145. The molecule has 1 unspecified atom stereocenters. The molecule has 0 saturated carbocycles. The van der Waals surface area contributed by atoms with E-state index in [0.29, 0.717) is 33.7 Å². The van der Waals surface area contributed by atoms with Crippen LogP contribution in [0.15, 0.2) is 42.7 Å². The minimum absolute atomic E-state index is 0.0259. The highest BCUT2D eigenvalue weighted by Gasteiger charge is 2.31. The third kappa shape index (κ3) is 4.40. The summed E-state index contributed by atoms with van der Waals surface area (Å²) in [6, 6.07) is 7.25. The van der Waals surface area contributed by atoms with Gasteiger partial charge in [0.15, 0.2) is 0 Å². The van der Waals surface area contributed by atoms with Crippen molar-refractivity contribution in [3.05, 3.63) is 70.9 Å². The number of carbonyl (C=O) groups excluding carboxylic acids is 2. The van der Waals surface area contributed by atoms with Crippen LogP contribution in [0.4, 0.5) is 15.9 Å². The molecule has 1 aliphatic rings. The Balaban J connectivity index is 1.45. The molecule has 1 atom stereocenters. The number of pyridine rings is 2. The number of nitrogens with zero attached hydrogens (tertiary/aromatic N) is 5. The van der Waals surface area contributed by atoms with Gasteiger partial charge in [0.2, 0.25) is 0 Å². The van der Waals surface area contributed by atoms with E-state index in [1.807, 2.05) is 0 Å². The Morgan fingerprint density at radius 3 is 2.83 bits per heavy atom. The van der Waals surface area contributed by atoms with Crippen molar-refractivity contribution >= 4 is 46.1 Å².